The summed E-state index contributed by atoms with van der Waals surface area (Å²) >= 11 is 0. The van der Waals surface area contributed by atoms with Crippen molar-refractivity contribution in [1.82, 2.24) is 15.0 Å². The summed E-state index contributed by atoms with van der Waals surface area (Å²) in [5, 5.41) is 0. The van der Waals surface area contributed by atoms with Gasteiger partial charge in [-0.2, -0.15) is 0 Å². The van der Waals surface area contributed by atoms with Crippen LogP contribution in [-0.2, 0) is 5.41 Å². The van der Waals surface area contributed by atoms with E-state index in [0.717, 1.165) is 47.9 Å². The molecule has 3 nitrogen and oxygen atoms in total. The van der Waals surface area contributed by atoms with Crippen LogP contribution < -0.4 is 0 Å². The Morgan fingerprint density at radius 1 is 0.667 bits per heavy atom. The van der Waals surface area contributed by atoms with Gasteiger partial charge in [0.15, 0.2) is 11.6 Å². The maximum Gasteiger partial charge on any atom is 0.163 e. The summed E-state index contributed by atoms with van der Waals surface area (Å²) in [5.41, 5.74) is 13.2. The molecule has 0 N–H and O–H groups in total. The Balaban J connectivity index is 1.29. The van der Waals surface area contributed by atoms with Crippen LogP contribution in [0.5, 0.6) is 0 Å². The lowest BCUT2D eigenvalue weighted by atomic mass is 9.65. The molecule has 4 atom stereocenters. The Kier molecular flexibility index (Phi) is 5.93. The van der Waals surface area contributed by atoms with E-state index < -0.39 is 0 Å². The summed E-state index contributed by atoms with van der Waals surface area (Å²) in [4.78, 5) is 15.3. The number of benzene rings is 3. The maximum atomic E-state index is 5.17. The van der Waals surface area contributed by atoms with Crippen molar-refractivity contribution >= 4 is 0 Å². The van der Waals surface area contributed by atoms with Crippen molar-refractivity contribution in [3.05, 3.63) is 161 Å². The first-order chi connectivity index (χ1) is 22.1. The average Bonchev–Trinajstić information content (AvgIpc) is 3.54. The SMILES string of the molecule is CC1C=CC2=C(C1)C1=C(CC(C)C=C1)C21c2ccccc2-c2ccc(-c3nc(-c4ccccc4)nc(C4C=CC=CC4)n3)cc21. The standard InChI is InChI=1S/C42H35N3/c1-26-18-22-36-34(23-26)33-20-17-27(2)24-37(33)42(36)35-16-10-9-15-31(35)32-21-19-30(25-38(32)42)41-44-39(28-11-5-3-6-12-28)43-40(45-41)29-13-7-4-8-14-29/h3-13,15-22,25-27,29H,14,23-24H2,1-2H3. The number of allylic oxidation sites excluding steroid dienone is 12. The van der Waals surface area contributed by atoms with E-state index in [1.54, 1.807) is 5.57 Å². The molecule has 0 bridgehead atoms. The van der Waals surface area contributed by atoms with E-state index in [2.05, 4.69) is 117 Å². The van der Waals surface area contributed by atoms with Gasteiger partial charge in [0.05, 0.1) is 5.41 Å². The summed E-state index contributed by atoms with van der Waals surface area (Å²) in [5.74, 6) is 3.45. The highest BCUT2D eigenvalue weighted by Crippen LogP contribution is 2.65. The van der Waals surface area contributed by atoms with Crippen molar-refractivity contribution in [3.63, 3.8) is 0 Å². The zero-order valence-electron chi connectivity index (χ0n) is 25.7. The zero-order valence-corrected chi connectivity index (χ0v) is 25.7. The van der Waals surface area contributed by atoms with Gasteiger partial charge in [0, 0.05) is 17.0 Å². The summed E-state index contributed by atoms with van der Waals surface area (Å²) in [6.07, 6.45) is 21.4. The molecule has 4 unspecified atom stereocenters. The van der Waals surface area contributed by atoms with Gasteiger partial charge in [0.1, 0.15) is 5.82 Å². The number of fused-ring (bicyclic) bond motifs is 8. The van der Waals surface area contributed by atoms with Gasteiger partial charge in [-0.1, -0.05) is 129 Å². The van der Waals surface area contributed by atoms with Crippen molar-refractivity contribution in [2.24, 2.45) is 11.8 Å². The highest BCUT2D eigenvalue weighted by atomic mass is 15.0. The first-order valence-electron chi connectivity index (χ1n) is 16.3. The molecule has 0 amide bonds. The molecule has 9 rings (SSSR count). The molecule has 3 aromatic carbocycles. The minimum absolute atomic E-state index is 0.129. The second-order valence-electron chi connectivity index (χ2n) is 13.3. The third-order valence-electron chi connectivity index (χ3n) is 10.4. The monoisotopic (exact) mass is 581 g/mol. The van der Waals surface area contributed by atoms with Gasteiger partial charge in [0.2, 0.25) is 0 Å². The van der Waals surface area contributed by atoms with Crippen LogP contribution in [0.15, 0.2) is 144 Å². The van der Waals surface area contributed by atoms with Gasteiger partial charge in [-0.15, -0.1) is 0 Å². The third kappa shape index (κ3) is 3.93. The van der Waals surface area contributed by atoms with Gasteiger partial charge in [-0.3, -0.25) is 0 Å². The van der Waals surface area contributed by atoms with Gasteiger partial charge < -0.3 is 0 Å². The number of rotatable bonds is 3. The van der Waals surface area contributed by atoms with Crippen molar-refractivity contribution in [1.29, 1.82) is 0 Å². The third-order valence-corrected chi connectivity index (χ3v) is 10.4. The molecule has 0 aliphatic heterocycles. The summed E-state index contributed by atoms with van der Waals surface area (Å²) in [6.45, 7) is 4.70. The molecule has 5 aliphatic rings. The average molecular weight is 582 g/mol. The fourth-order valence-electron chi connectivity index (χ4n) is 8.34. The molecule has 1 heterocycles. The van der Waals surface area contributed by atoms with Crippen molar-refractivity contribution in [2.75, 3.05) is 0 Å². The number of aromatic nitrogens is 3. The minimum atomic E-state index is -0.294. The van der Waals surface area contributed by atoms with Crippen LogP contribution in [0.2, 0.25) is 0 Å². The minimum Gasteiger partial charge on any atom is -0.212 e. The predicted octanol–water partition coefficient (Wildman–Crippen LogP) is 9.87. The topological polar surface area (TPSA) is 38.7 Å². The van der Waals surface area contributed by atoms with Crippen molar-refractivity contribution in [3.8, 4) is 33.9 Å². The molecule has 0 saturated carbocycles. The highest BCUT2D eigenvalue weighted by molar-refractivity contribution is 5.91. The molecular formula is C42H35N3. The molecule has 1 aromatic heterocycles. The molecule has 0 fully saturated rings. The quantitative estimate of drug-likeness (QED) is 0.242. The van der Waals surface area contributed by atoms with E-state index >= 15 is 0 Å². The second-order valence-corrected chi connectivity index (χ2v) is 13.3. The van der Waals surface area contributed by atoms with Gasteiger partial charge in [-0.05, 0) is 81.7 Å². The molecule has 0 radical (unpaired) electrons. The fraction of sp³-hybridized carbons (Fsp3) is 0.214. The summed E-state index contributed by atoms with van der Waals surface area (Å²) in [7, 11) is 0. The molecule has 218 valence electrons. The van der Waals surface area contributed by atoms with Crippen LogP contribution >= 0.6 is 0 Å². The fourth-order valence-corrected chi connectivity index (χ4v) is 8.34. The van der Waals surface area contributed by atoms with Crippen LogP contribution in [0.4, 0.5) is 0 Å². The Morgan fingerprint density at radius 3 is 2.27 bits per heavy atom. The van der Waals surface area contributed by atoms with Crippen LogP contribution in [0.25, 0.3) is 33.9 Å². The Bertz CT molecular complexity index is 2070. The predicted molar refractivity (Wildman–Crippen MR) is 182 cm³/mol. The maximum absolute atomic E-state index is 5.17. The molecular weight excluding hydrogens is 546 g/mol. The molecule has 3 heteroatoms. The van der Waals surface area contributed by atoms with Gasteiger partial charge >= 0.3 is 0 Å². The second kappa shape index (κ2) is 10.1. The van der Waals surface area contributed by atoms with Crippen LogP contribution in [0.3, 0.4) is 0 Å². The van der Waals surface area contributed by atoms with E-state index in [1.807, 2.05) is 18.2 Å². The Morgan fingerprint density at radius 2 is 1.42 bits per heavy atom. The number of hydrogen-bond acceptors (Lipinski definition) is 3. The number of hydrogen-bond donors (Lipinski definition) is 0. The Labute approximate surface area is 265 Å². The highest BCUT2D eigenvalue weighted by Gasteiger charge is 2.54. The Hall–Kier alpha value is -4.89. The first kappa shape index (κ1) is 26.5. The lowest BCUT2D eigenvalue weighted by Gasteiger charge is -2.36. The zero-order chi connectivity index (χ0) is 30.1. The van der Waals surface area contributed by atoms with E-state index in [0.29, 0.717) is 11.8 Å². The molecule has 1 spiro atoms. The number of nitrogens with zero attached hydrogens (tertiary/aromatic N) is 3. The summed E-state index contributed by atoms with van der Waals surface area (Å²) in [6, 6.07) is 26.4. The van der Waals surface area contributed by atoms with E-state index in [4.69, 9.17) is 15.0 Å². The molecule has 5 aliphatic carbocycles. The lowest BCUT2D eigenvalue weighted by molar-refractivity contribution is 0.619. The normalized spacial score (nSPS) is 25.5. The van der Waals surface area contributed by atoms with Crippen molar-refractivity contribution in [2.45, 2.75) is 44.4 Å². The molecule has 0 saturated heterocycles. The van der Waals surface area contributed by atoms with Crippen LogP contribution in [0.1, 0.15) is 56.0 Å². The first-order valence-corrected chi connectivity index (χ1v) is 16.3. The summed E-state index contributed by atoms with van der Waals surface area (Å²) < 4.78 is 0. The van der Waals surface area contributed by atoms with Gasteiger partial charge in [0.25, 0.3) is 0 Å². The van der Waals surface area contributed by atoms with Crippen LogP contribution in [0, 0.1) is 11.8 Å². The van der Waals surface area contributed by atoms with Crippen LogP contribution in [-0.4, -0.2) is 15.0 Å². The largest absolute Gasteiger partial charge is 0.212 e. The lowest BCUT2D eigenvalue weighted by Crippen LogP contribution is -2.30. The van der Waals surface area contributed by atoms with E-state index in [9.17, 15) is 0 Å². The smallest absolute Gasteiger partial charge is 0.163 e. The van der Waals surface area contributed by atoms with Crippen molar-refractivity contribution < 1.29 is 0 Å². The molecule has 4 aromatic rings. The van der Waals surface area contributed by atoms with Gasteiger partial charge in [-0.25, -0.2) is 15.0 Å². The molecule has 45 heavy (non-hydrogen) atoms. The van der Waals surface area contributed by atoms with E-state index in [1.165, 1.54) is 39.0 Å². The van der Waals surface area contributed by atoms with E-state index in [-0.39, 0.29) is 11.3 Å².